The Morgan fingerprint density at radius 3 is 2.50 bits per heavy atom. The molecule has 0 bridgehead atoms. The average molecular weight is 310 g/mol. The average Bonchev–Trinajstić information content (AvgIpc) is 2.47. The zero-order valence-electron chi connectivity index (χ0n) is 11.3. The fourth-order valence-electron chi connectivity index (χ4n) is 1.93. The largest absolute Gasteiger partial charge is 0.497 e. The molecule has 0 amide bonds. The van der Waals surface area contributed by atoms with Crippen molar-refractivity contribution in [1.82, 2.24) is 5.32 Å². The highest BCUT2D eigenvalue weighted by molar-refractivity contribution is 6.33. The molecule has 0 aliphatic heterocycles. The third kappa shape index (κ3) is 4.41. The maximum absolute atomic E-state index is 6.11. The molecule has 2 aromatic carbocycles. The number of ether oxygens (including phenoxy) is 1. The van der Waals surface area contributed by atoms with Crippen molar-refractivity contribution < 1.29 is 4.74 Å². The number of benzene rings is 2. The second-order valence-electron chi connectivity index (χ2n) is 4.51. The molecule has 0 aliphatic rings. The Bertz CT molecular complexity index is 555. The fourth-order valence-corrected chi connectivity index (χ4v) is 2.31. The van der Waals surface area contributed by atoms with Crippen LogP contribution in [-0.4, -0.2) is 13.7 Å². The molecule has 0 aliphatic carbocycles. The summed E-state index contributed by atoms with van der Waals surface area (Å²) >= 11 is 12.1. The molecular weight excluding hydrogens is 293 g/mol. The van der Waals surface area contributed by atoms with Crippen LogP contribution in [0, 0.1) is 0 Å². The van der Waals surface area contributed by atoms with Gasteiger partial charge in [-0.1, -0.05) is 35.3 Å². The zero-order chi connectivity index (χ0) is 14.4. The molecule has 0 unspecified atom stereocenters. The van der Waals surface area contributed by atoms with Gasteiger partial charge in [-0.25, -0.2) is 0 Å². The van der Waals surface area contributed by atoms with Crippen LogP contribution in [0.1, 0.15) is 11.1 Å². The SMILES string of the molecule is COc1ccc(CCNCc2cc(Cl)ccc2Cl)cc1. The third-order valence-corrected chi connectivity index (χ3v) is 3.68. The molecule has 4 heteroatoms. The van der Waals surface area contributed by atoms with Gasteiger partial charge in [0, 0.05) is 16.6 Å². The minimum absolute atomic E-state index is 0.710. The first-order valence-electron chi connectivity index (χ1n) is 6.46. The van der Waals surface area contributed by atoms with Crippen LogP contribution in [0.3, 0.4) is 0 Å². The number of hydrogen-bond donors (Lipinski definition) is 1. The first-order valence-corrected chi connectivity index (χ1v) is 7.22. The van der Waals surface area contributed by atoms with E-state index in [-0.39, 0.29) is 0 Å². The molecule has 0 radical (unpaired) electrons. The fraction of sp³-hybridized carbons (Fsp3) is 0.250. The van der Waals surface area contributed by atoms with E-state index in [9.17, 15) is 0 Å². The van der Waals surface area contributed by atoms with Crippen molar-refractivity contribution in [2.24, 2.45) is 0 Å². The first-order chi connectivity index (χ1) is 9.69. The zero-order valence-corrected chi connectivity index (χ0v) is 12.8. The molecule has 1 N–H and O–H groups in total. The van der Waals surface area contributed by atoms with E-state index in [1.807, 2.05) is 24.3 Å². The molecule has 20 heavy (non-hydrogen) atoms. The summed E-state index contributed by atoms with van der Waals surface area (Å²) < 4.78 is 5.13. The Kier molecular flexibility index (Phi) is 5.72. The lowest BCUT2D eigenvalue weighted by atomic mass is 10.1. The Hall–Kier alpha value is -1.22. The molecule has 106 valence electrons. The van der Waals surface area contributed by atoms with Crippen molar-refractivity contribution in [1.29, 1.82) is 0 Å². The van der Waals surface area contributed by atoms with E-state index in [1.54, 1.807) is 13.2 Å². The molecule has 0 saturated heterocycles. The van der Waals surface area contributed by atoms with E-state index < -0.39 is 0 Å². The molecule has 0 saturated carbocycles. The molecular formula is C16H17Cl2NO. The van der Waals surface area contributed by atoms with Crippen LogP contribution in [0.15, 0.2) is 42.5 Å². The number of rotatable bonds is 6. The van der Waals surface area contributed by atoms with E-state index in [2.05, 4.69) is 17.4 Å². The standard InChI is InChI=1S/C16H17Cl2NO/c1-20-15-5-2-12(3-6-15)8-9-19-11-13-10-14(17)4-7-16(13)18/h2-7,10,19H,8-9,11H2,1H3. The normalized spacial score (nSPS) is 10.6. The Labute approximate surface area is 129 Å². The Morgan fingerprint density at radius 1 is 1.05 bits per heavy atom. The molecule has 0 fully saturated rings. The number of nitrogens with one attached hydrogen (secondary N) is 1. The van der Waals surface area contributed by atoms with Gasteiger partial charge in [-0.2, -0.15) is 0 Å². The van der Waals surface area contributed by atoms with E-state index in [0.717, 1.165) is 35.8 Å². The summed E-state index contributed by atoms with van der Waals surface area (Å²) in [6.45, 7) is 1.60. The van der Waals surface area contributed by atoms with E-state index >= 15 is 0 Å². The van der Waals surface area contributed by atoms with Gasteiger partial charge >= 0.3 is 0 Å². The lowest BCUT2D eigenvalue weighted by Gasteiger charge is -2.08. The van der Waals surface area contributed by atoms with Crippen molar-refractivity contribution in [3.63, 3.8) is 0 Å². The van der Waals surface area contributed by atoms with Gasteiger partial charge in [-0.15, -0.1) is 0 Å². The summed E-state index contributed by atoms with van der Waals surface area (Å²) in [6, 6.07) is 13.6. The van der Waals surface area contributed by atoms with E-state index in [4.69, 9.17) is 27.9 Å². The predicted molar refractivity (Wildman–Crippen MR) is 84.9 cm³/mol. The highest BCUT2D eigenvalue weighted by Gasteiger charge is 2.01. The third-order valence-electron chi connectivity index (χ3n) is 3.07. The summed E-state index contributed by atoms with van der Waals surface area (Å²) in [7, 11) is 1.67. The van der Waals surface area contributed by atoms with Crippen LogP contribution in [0.5, 0.6) is 5.75 Å². The molecule has 0 aromatic heterocycles. The summed E-state index contributed by atoms with van der Waals surface area (Å²) in [4.78, 5) is 0. The number of hydrogen-bond acceptors (Lipinski definition) is 2. The lowest BCUT2D eigenvalue weighted by Crippen LogP contribution is -2.16. The highest BCUT2D eigenvalue weighted by atomic mass is 35.5. The van der Waals surface area contributed by atoms with Crippen LogP contribution in [0.25, 0.3) is 0 Å². The van der Waals surface area contributed by atoms with Gasteiger partial charge in [0.15, 0.2) is 0 Å². The maximum Gasteiger partial charge on any atom is 0.118 e. The van der Waals surface area contributed by atoms with Gasteiger partial charge in [0.05, 0.1) is 7.11 Å². The van der Waals surface area contributed by atoms with Gasteiger partial charge in [-0.3, -0.25) is 0 Å². The van der Waals surface area contributed by atoms with E-state index in [1.165, 1.54) is 5.56 Å². The quantitative estimate of drug-likeness (QED) is 0.802. The Balaban J connectivity index is 1.79. The minimum Gasteiger partial charge on any atom is -0.497 e. The number of halogens is 2. The van der Waals surface area contributed by atoms with Crippen molar-refractivity contribution in [2.75, 3.05) is 13.7 Å². The van der Waals surface area contributed by atoms with Gasteiger partial charge < -0.3 is 10.1 Å². The van der Waals surface area contributed by atoms with Crippen molar-refractivity contribution in [3.8, 4) is 5.75 Å². The van der Waals surface area contributed by atoms with Crippen molar-refractivity contribution >= 4 is 23.2 Å². The van der Waals surface area contributed by atoms with Crippen LogP contribution >= 0.6 is 23.2 Å². The van der Waals surface area contributed by atoms with Crippen molar-refractivity contribution in [2.45, 2.75) is 13.0 Å². The molecule has 2 nitrogen and oxygen atoms in total. The second-order valence-corrected chi connectivity index (χ2v) is 5.35. The summed E-state index contributed by atoms with van der Waals surface area (Å²) in [5.74, 6) is 0.882. The highest BCUT2D eigenvalue weighted by Crippen LogP contribution is 2.20. The molecule has 0 heterocycles. The van der Waals surface area contributed by atoms with Gasteiger partial charge in [-0.05, 0) is 54.4 Å². The molecule has 2 aromatic rings. The van der Waals surface area contributed by atoms with E-state index in [0.29, 0.717) is 5.02 Å². The number of methoxy groups -OCH3 is 1. The molecule has 0 atom stereocenters. The maximum atomic E-state index is 6.11. The molecule has 0 spiro atoms. The van der Waals surface area contributed by atoms with Gasteiger partial charge in [0.25, 0.3) is 0 Å². The second kappa shape index (κ2) is 7.53. The topological polar surface area (TPSA) is 21.3 Å². The monoisotopic (exact) mass is 309 g/mol. The summed E-state index contributed by atoms with van der Waals surface area (Å²) in [5, 5.41) is 4.82. The van der Waals surface area contributed by atoms with Gasteiger partial charge in [0.2, 0.25) is 0 Å². The van der Waals surface area contributed by atoms with Crippen LogP contribution in [-0.2, 0) is 13.0 Å². The first kappa shape index (κ1) is 15.2. The molecule has 2 rings (SSSR count). The van der Waals surface area contributed by atoms with Crippen molar-refractivity contribution in [3.05, 3.63) is 63.6 Å². The smallest absolute Gasteiger partial charge is 0.118 e. The Morgan fingerprint density at radius 2 is 1.80 bits per heavy atom. The van der Waals surface area contributed by atoms with Crippen LogP contribution < -0.4 is 10.1 Å². The van der Waals surface area contributed by atoms with Crippen LogP contribution in [0.4, 0.5) is 0 Å². The van der Waals surface area contributed by atoms with Crippen LogP contribution in [0.2, 0.25) is 10.0 Å². The van der Waals surface area contributed by atoms with Gasteiger partial charge in [0.1, 0.15) is 5.75 Å². The lowest BCUT2D eigenvalue weighted by molar-refractivity contribution is 0.414. The summed E-state index contributed by atoms with van der Waals surface area (Å²) in [5.41, 5.74) is 2.30. The predicted octanol–water partition coefficient (Wildman–Crippen LogP) is 4.33. The summed E-state index contributed by atoms with van der Waals surface area (Å²) in [6.07, 6.45) is 0.960. The minimum atomic E-state index is 0.710.